The maximum Gasteiger partial charge on any atom is 0.273 e. The molecule has 1 aliphatic rings. The van der Waals surface area contributed by atoms with Crippen LogP contribution in [0.25, 0.3) is 6.08 Å². The molecule has 1 saturated heterocycles. The van der Waals surface area contributed by atoms with Gasteiger partial charge in [0.25, 0.3) is 5.91 Å². The molecule has 1 amide bonds. The summed E-state index contributed by atoms with van der Waals surface area (Å²) in [7, 11) is 0. The van der Waals surface area contributed by atoms with Crippen molar-refractivity contribution < 1.29 is 9.90 Å². The number of phenols is 1. The van der Waals surface area contributed by atoms with Crippen LogP contribution in [0.5, 0.6) is 5.75 Å². The Kier molecular flexibility index (Phi) is 2.80. The van der Waals surface area contributed by atoms with Crippen molar-refractivity contribution in [3.8, 4) is 5.75 Å². The lowest BCUT2D eigenvalue weighted by Gasteiger charge is -2.00. The molecule has 82 valence electrons. The number of hydrogen-bond acceptors (Lipinski definition) is 3. The summed E-state index contributed by atoms with van der Waals surface area (Å²) in [5.74, 6) is -0.284. The molecule has 1 aromatic rings. The van der Waals surface area contributed by atoms with Crippen LogP contribution in [0, 0.1) is 0 Å². The summed E-state index contributed by atoms with van der Waals surface area (Å²) in [5.41, 5.74) is 0.734. The zero-order valence-corrected chi connectivity index (χ0v) is 9.52. The highest BCUT2D eigenvalue weighted by Crippen LogP contribution is 2.23. The monoisotopic (exact) mass is 254 g/mol. The Hall–Kier alpha value is -1.59. The second-order valence-corrected chi connectivity index (χ2v) is 4.01. The fourth-order valence-electron chi connectivity index (χ4n) is 1.28. The van der Waals surface area contributed by atoms with Crippen LogP contribution in [0.1, 0.15) is 5.56 Å². The van der Waals surface area contributed by atoms with Crippen LogP contribution in [0.4, 0.5) is 0 Å². The largest absolute Gasteiger partial charge is 0.507 e. The number of halogens is 1. The zero-order chi connectivity index (χ0) is 11.7. The Labute approximate surface area is 102 Å². The highest BCUT2D eigenvalue weighted by molar-refractivity contribution is 7.80. The van der Waals surface area contributed by atoms with Gasteiger partial charge in [0.05, 0.1) is 0 Å². The molecule has 6 heteroatoms. The number of benzene rings is 1. The van der Waals surface area contributed by atoms with Gasteiger partial charge in [-0.05, 0) is 36.5 Å². The number of phenolic OH excluding ortho intramolecular Hbond substituents is 1. The van der Waals surface area contributed by atoms with Crippen molar-refractivity contribution in [1.82, 2.24) is 10.6 Å². The minimum atomic E-state index is -0.329. The van der Waals surface area contributed by atoms with E-state index < -0.39 is 0 Å². The van der Waals surface area contributed by atoms with E-state index in [0.29, 0.717) is 10.6 Å². The van der Waals surface area contributed by atoms with Gasteiger partial charge in [-0.15, -0.1) is 0 Å². The standard InChI is InChI=1S/C10H7ClN2O2S/c11-6-1-2-8(14)5(3-6)4-7-9(15)13-10(16)12-7/h1-4,14H,(H2,12,13,15,16). The molecule has 4 nitrogen and oxygen atoms in total. The fraction of sp³-hybridized carbons (Fsp3) is 0. The Morgan fingerprint density at radius 2 is 2.12 bits per heavy atom. The predicted molar refractivity (Wildman–Crippen MR) is 65.0 cm³/mol. The van der Waals surface area contributed by atoms with E-state index in [4.69, 9.17) is 23.8 Å². The van der Waals surface area contributed by atoms with Crippen LogP contribution >= 0.6 is 23.8 Å². The molecule has 0 aliphatic carbocycles. The first-order valence-electron chi connectivity index (χ1n) is 4.39. The molecule has 16 heavy (non-hydrogen) atoms. The highest BCUT2D eigenvalue weighted by Gasteiger charge is 2.20. The molecule has 1 heterocycles. The fourth-order valence-corrected chi connectivity index (χ4v) is 1.66. The van der Waals surface area contributed by atoms with Gasteiger partial charge in [0, 0.05) is 10.6 Å². The normalized spacial score (nSPS) is 17.4. The summed E-state index contributed by atoms with van der Waals surface area (Å²) in [5, 5.41) is 15.4. The van der Waals surface area contributed by atoms with Crippen molar-refractivity contribution in [2.75, 3.05) is 0 Å². The van der Waals surface area contributed by atoms with Crippen LogP contribution in [0.3, 0.4) is 0 Å². The molecule has 1 fully saturated rings. The van der Waals surface area contributed by atoms with E-state index in [-0.39, 0.29) is 22.5 Å². The first kappa shape index (κ1) is 10.9. The third-order valence-electron chi connectivity index (χ3n) is 2.01. The number of carbonyl (C=O) groups is 1. The minimum absolute atomic E-state index is 0.0457. The second-order valence-electron chi connectivity index (χ2n) is 3.17. The van der Waals surface area contributed by atoms with E-state index in [1.54, 1.807) is 12.1 Å². The molecule has 0 aromatic heterocycles. The van der Waals surface area contributed by atoms with Gasteiger partial charge in [0.2, 0.25) is 0 Å². The molecular formula is C10H7ClN2O2S. The lowest BCUT2D eigenvalue weighted by Crippen LogP contribution is -2.21. The average molecular weight is 255 g/mol. The van der Waals surface area contributed by atoms with E-state index in [1.807, 2.05) is 0 Å². The lowest BCUT2D eigenvalue weighted by atomic mass is 10.1. The van der Waals surface area contributed by atoms with Gasteiger partial charge in [-0.1, -0.05) is 11.6 Å². The number of hydrogen-bond donors (Lipinski definition) is 3. The van der Waals surface area contributed by atoms with Gasteiger partial charge in [0.15, 0.2) is 5.11 Å². The Bertz CT molecular complexity index is 514. The second kappa shape index (κ2) is 4.11. The van der Waals surface area contributed by atoms with E-state index in [9.17, 15) is 9.90 Å². The number of amides is 1. The van der Waals surface area contributed by atoms with Gasteiger partial charge in [-0.2, -0.15) is 0 Å². The average Bonchev–Trinajstić information content (AvgIpc) is 2.51. The van der Waals surface area contributed by atoms with Gasteiger partial charge >= 0.3 is 0 Å². The van der Waals surface area contributed by atoms with Gasteiger partial charge in [-0.3, -0.25) is 10.1 Å². The molecule has 0 saturated carbocycles. The van der Waals surface area contributed by atoms with Crippen molar-refractivity contribution in [3.05, 3.63) is 34.5 Å². The smallest absolute Gasteiger partial charge is 0.273 e. The highest BCUT2D eigenvalue weighted by atomic mass is 35.5. The molecule has 0 atom stereocenters. The Morgan fingerprint density at radius 3 is 2.75 bits per heavy atom. The minimum Gasteiger partial charge on any atom is -0.507 e. The molecular weight excluding hydrogens is 248 g/mol. The molecule has 1 aromatic carbocycles. The van der Waals surface area contributed by atoms with E-state index in [0.717, 1.165) is 0 Å². The number of thiocarbonyl (C=S) groups is 1. The number of carbonyl (C=O) groups excluding carboxylic acids is 1. The summed E-state index contributed by atoms with van der Waals surface area (Å²) >= 11 is 10.6. The maximum atomic E-state index is 11.3. The SMILES string of the molecule is O=C1NC(=S)NC1=Cc1cc(Cl)ccc1O. The molecule has 0 unspecified atom stereocenters. The predicted octanol–water partition coefficient (Wildman–Crippen LogP) is 1.39. The van der Waals surface area contributed by atoms with E-state index >= 15 is 0 Å². The topological polar surface area (TPSA) is 61.4 Å². The third kappa shape index (κ3) is 2.15. The maximum absolute atomic E-state index is 11.3. The molecule has 3 N–H and O–H groups in total. The van der Waals surface area contributed by atoms with Crippen molar-refractivity contribution in [1.29, 1.82) is 0 Å². The first-order chi connectivity index (χ1) is 7.56. The summed E-state index contributed by atoms with van der Waals surface area (Å²) < 4.78 is 0. The summed E-state index contributed by atoms with van der Waals surface area (Å²) in [6.45, 7) is 0. The van der Waals surface area contributed by atoms with Crippen LogP contribution in [0.2, 0.25) is 5.02 Å². The van der Waals surface area contributed by atoms with Crippen LogP contribution in [-0.4, -0.2) is 16.1 Å². The van der Waals surface area contributed by atoms with Crippen LogP contribution in [0.15, 0.2) is 23.9 Å². The summed E-state index contributed by atoms with van der Waals surface area (Å²) in [6.07, 6.45) is 1.48. The Morgan fingerprint density at radius 1 is 1.38 bits per heavy atom. The van der Waals surface area contributed by atoms with Gasteiger partial charge in [0.1, 0.15) is 11.4 Å². The molecule has 1 aliphatic heterocycles. The van der Waals surface area contributed by atoms with E-state index in [2.05, 4.69) is 10.6 Å². The lowest BCUT2D eigenvalue weighted by molar-refractivity contribution is -0.115. The van der Waals surface area contributed by atoms with Crippen molar-refractivity contribution in [3.63, 3.8) is 0 Å². The third-order valence-corrected chi connectivity index (χ3v) is 2.45. The summed E-state index contributed by atoms with van der Waals surface area (Å²) in [6, 6.07) is 4.58. The molecule has 0 bridgehead atoms. The van der Waals surface area contributed by atoms with Crippen molar-refractivity contribution in [2.45, 2.75) is 0 Å². The molecule has 0 radical (unpaired) electrons. The van der Waals surface area contributed by atoms with Gasteiger partial charge in [-0.25, -0.2) is 0 Å². The molecule has 2 rings (SSSR count). The first-order valence-corrected chi connectivity index (χ1v) is 5.17. The van der Waals surface area contributed by atoms with Crippen LogP contribution in [-0.2, 0) is 4.79 Å². The van der Waals surface area contributed by atoms with E-state index in [1.165, 1.54) is 12.1 Å². The Balaban J connectivity index is 2.39. The number of rotatable bonds is 1. The zero-order valence-electron chi connectivity index (χ0n) is 7.95. The van der Waals surface area contributed by atoms with Crippen molar-refractivity contribution in [2.24, 2.45) is 0 Å². The quantitative estimate of drug-likeness (QED) is 0.524. The number of nitrogens with one attached hydrogen (secondary N) is 2. The van der Waals surface area contributed by atoms with Gasteiger partial charge < -0.3 is 10.4 Å². The summed E-state index contributed by atoms with van der Waals surface area (Å²) in [4.78, 5) is 11.3. The van der Waals surface area contributed by atoms with Crippen molar-refractivity contribution >= 4 is 40.9 Å². The molecule has 0 spiro atoms. The van der Waals surface area contributed by atoms with Crippen LogP contribution < -0.4 is 10.6 Å². The number of aromatic hydroxyl groups is 1.